The number of hydrogen-bond donors (Lipinski definition) is 2. The van der Waals surface area contributed by atoms with Crippen LogP contribution in [0.15, 0.2) is 18.2 Å². The third kappa shape index (κ3) is 5.86. The molecule has 1 aromatic carbocycles. The Labute approximate surface area is 117 Å². The van der Waals surface area contributed by atoms with Crippen molar-refractivity contribution in [1.29, 1.82) is 0 Å². The summed E-state index contributed by atoms with van der Waals surface area (Å²) in [6, 6.07) is 6.31. The minimum Gasteiger partial charge on any atom is -0.493 e. The average Bonchev–Trinajstić information content (AvgIpc) is 2.35. The van der Waals surface area contributed by atoms with Gasteiger partial charge in [-0.15, -0.1) is 0 Å². The molecule has 0 aliphatic heterocycles. The van der Waals surface area contributed by atoms with Gasteiger partial charge >= 0.3 is 0 Å². The van der Waals surface area contributed by atoms with Crippen LogP contribution in [0.3, 0.4) is 0 Å². The second-order valence-corrected chi connectivity index (χ2v) is 5.43. The fourth-order valence-corrected chi connectivity index (χ4v) is 2.12. The third-order valence-electron chi connectivity index (χ3n) is 3.27. The quantitative estimate of drug-likeness (QED) is 0.688. The van der Waals surface area contributed by atoms with Crippen LogP contribution in [0.2, 0.25) is 0 Å². The zero-order valence-electron chi connectivity index (χ0n) is 12.7. The van der Waals surface area contributed by atoms with Gasteiger partial charge < -0.3 is 15.8 Å². The molecule has 0 radical (unpaired) electrons. The Bertz CT molecular complexity index is 379. The van der Waals surface area contributed by atoms with E-state index in [2.05, 4.69) is 33.0 Å². The van der Waals surface area contributed by atoms with E-state index in [4.69, 9.17) is 10.5 Å². The van der Waals surface area contributed by atoms with Crippen LogP contribution in [-0.4, -0.2) is 12.6 Å². The average molecular weight is 264 g/mol. The summed E-state index contributed by atoms with van der Waals surface area (Å²) in [4.78, 5) is 0. The lowest BCUT2D eigenvalue weighted by Gasteiger charge is -2.19. The van der Waals surface area contributed by atoms with Crippen molar-refractivity contribution in [2.75, 3.05) is 17.7 Å². The molecule has 0 saturated carbocycles. The lowest BCUT2D eigenvalue weighted by Crippen LogP contribution is -2.18. The van der Waals surface area contributed by atoms with Crippen LogP contribution in [0.25, 0.3) is 0 Å². The Hall–Kier alpha value is -1.38. The van der Waals surface area contributed by atoms with Crippen molar-refractivity contribution < 1.29 is 4.74 Å². The summed E-state index contributed by atoms with van der Waals surface area (Å²) in [6.45, 7) is 9.55. The normalized spacial score (nSPS) is 13.9. The van der Waals surface area contributed by atoms with Crippen LogP contribution in [-0.2, 0) is 0 Å². The first kappa shape index (κ1) is 15.7. The summed E-state index contributed by atoms with van der Waals surface area (Å²) in [5.74, 6) is 1.58. The maximum absolute atomic E-state index is 5.91. The SMILES string of the molecule is CCCOc1cc(N)cc(NC(C)CC(C)CC)c1. The first-order valence-electron chi connectivity index (χ1n) is 7.35. The maximum atomic E-state index is 5.91. The van der Waals surface area contributed by atoms with Crippen molar-refractivity contribution in [3.05, 3.63) is 18.2 Å². The maximum Gasteiger partial charge on any atom is 0.123 e. The second-order valence-electron chi connectivity index (χ2n) is 5.43. The largest absolute Gasteiger partial charge is 0.493 e. The van der Waals surface area contributed by atoms with Gasteiger partial charge in [-0.05, 0) is 31.7 Å². The molecular formula is C16H28N2O. The van der Waals surface area contributed by atoms with Gasteiger partial charge in [0.15, 0.2) is 0 Å². The number of anilines is 2. The highest BCUT2D eigenvalue weighted by Gasteiger charge is 2.08. The molecule has 0 aliphatic rings. The van der Waals surface area contributed by atoms with Crippen molar-refractivity contribution in [1.82, 2.24) is 0 Å². The molecule has 0 aliphatic carbocycles. The van der Waals surface area contributed by atoms with E-state index in [0.717, 1.165) is 42.5 Å². The van der Waals surface area contributed by atoms with Gasteiger partial charge in [-0.3, -0.25) is 0 Å². The Morgan fingerprint density at radius 2 is 1.95 bits per heavy atom. The van der Waals surface area contributed by atoms with E-state index in [1.165, 1.54) is 6.42 Å². The van der Waals surface area contributed by atoms with Gasteiger partial charge in [0.2, 0.25) is 0 Å². The van der Waals surface area contributed by atoms with Crippen molar-refractivity contribution in [3.63, 3.8) is 0 Å². The van der Waals surface area contributed by atoms with Crippen LogP contribution >= 0.6 is 0 Å². The molecule has 3 heteroatoms. The molecule has 0 bridgehead atoms. The van der Waals surface area contributed by atoms with Crippen molar-refractivity contribution in [2.24, 2.45) is 5.92 Å². The highest BCUT2D eigenvalue weighted by atomic mass is 16.5. The molecule has 0 amide bonds. The van der Waals surface area contributed by atoms with E-state index in [1.54, 1.807) is 0 Å². The highest BCUT2D eigenvalue weighted by Crippen LogP contribution is 2.24. The molecule has 1 aromatic rings. The molecule has 3 nitrogen and oxygen atoms in total. The molecule has 0 saturated heterocycles. The Balaban J connectivity index is 2.64. The fraction of sp³-hybridized carbons (Fsp3) is 0.625. The van der Waals surface area contributed by atoms with Gasteiger partial charge in [0, 0.05) is 29.5 Å². The smallest absolute Gasteiger partial charge is 0.123 e. The molecule has 108 valence electrons. The number of ether oxygens (including phenoxy) is 1. The number of benzene rings is 1. The van der Waals surface area contributed by atoms with Crippen molar-refractivity contribution >= 4 is 11.4 Å². The minimum absolute atomic E-state index is 0.441. The van der Waals surface area contributed by atoms with E-state index in [0.29, 0.717) is 6.04 Å². The lowest BCUT2D eigenvalue weighted by atomic mass is 10.0. The Morgan fingerprint density at radius 1 is 1.21 bits per heavy atom. The van der Waals surface area contributed by atoms with Gasteiger partial charge in [-0.2, -0.15) is 0 Å². The van der Waals surface area contributed by atoms with Crippen LogP contribution in [0.4, 0.5) is 11.4 Å². The van der Waals surface area contributed by atoms with Crippen LogP contribution in [0.1, 0.15) is 47.0 Å². The van der Waals surface area contributed by atoms with E-state index in [-0.39, 0.29) is 0 Å². The molecule has 0 heterocycles. The Morgan fingerprint density at radius 3 is 2.58 bits per heavy atom. The zero-order valence-corrected chi connectivity index (χ0v) is 12.7. The zero-order chi connectivity index (χ0) is 14.3. The summed E-state index contributed by atoms with van der Waals surface area (Å²) < 4.78 is 5.64. The summed E-state index contributed by atoms with van der Waals surface area (Å²) in [7, 11) is 0. The third-order valence-corrected chi connectivity index (χ3v) is 3.27. The first-order valence-corrected chi connectivity index (χ1v) is 7.35. The molecule has 0 fully saturated rings. The van der Waals surface area contributed by atoms with Crippen molar-refractivity contribution in [3.8, 4) is 5.75 Å². The topological polar surface area (TPSA) is 47.3 Å². The minimum atomic E-state index is 0.441. The molecular weight excluding hydrogens is 236 g/mol. The monoisotopic (exact) mass is 264 g/mol. The molecule has 19 heavy (non-hydrogen) atoms. The van der Waals surface area contributed by atoms with Gasteiger partial charge in [-0.25, -0.2) is 0 Å². The number of nitrogens with one attached hydrogen (secondary N) is 1. The molecule has 3 N–H and O–H groups in total. The summed E-state index contributed by atoms with van der Waals surface area (Å²) in [6.07, 6.45) is 3.38. The number of nitrogens with two attached hydrogens (primary N) is 1. The summed E-state index contributed by atoms with van der Waals surface area (Å²) >= 11 is 0. The predicted octanol–water partition coefficient (Wildman–Crippen LogP) is 4.29. The van der Waals surface area contributed by atoms with Gasteiger partial charge in [0.1, 0.15) is 5.75 Å². The fourth-order valence-electron chi connectivity index (χ4n) is 2.12. The highest BCUT2D eigenvalue weighted by molar-refractivity contribution is 5.59. The van der Waals surface area contributed by atoms with E-state index in [1.807, 2.05) is 18.2 Å². The predicted molar refractivity (Wildman–Crippen MR) is 83.8 cm³/mol. The molecule has 0 aromatic heterocycles. The molecule has 2 unspecified atom stereocenters. The van der Waals surface area contributed by atoms with Gasteiger partial charge in [-0.1, -0.05) is 27.2 Å². The van der Waals surface area contributed by atoms with Crippen molar-refractivity contribution in [2.45, 2.75) is 53.0 Å². The lowest BCUT2D eigenvalue weighted by molar-refractivity contribution is 0.318. The van der Waals surface area contributed by atoms with E-state index in [9.17, 15) is 0 Å². The molecule has 2 atom stereocenters. The van der Waals surface area contributed by atoms with Crippen LogP contribution in [0, 0.1) is 5.92 Å². The Kier molecular flexibility index (Phi) is 6.54. The summed E-state index contributed by atoms with van der Waals surface area (Å²) in [5.41, 5.74) is 7.70. The molecule has 0 spiro atoms. The van der Waals surface area contributed by atoms with Crippen LogP contribution in [0.5, 0.6) is 5.75 Å². The van der Waals surface area contributed by atoms with Crippen LogP contribution < -0.4 is 15.8 Å². The van der Waals surface area contributed by atoms with Gasteiger partial charge in [0.25, 0.3) is 0 Å². The number of rotatable bonds is 8. The van der Waals surface area contributed by atoms with Gasteiger partial charge in [0.05, 0.1) is 6.61 Å². The van der Waals surface area contributed by atoms with E-state index >= 15 is 0 Å². The standard InChI is InChI=1S/C16H28N2O/c1-5-7-19-16-10-14(17)9-15(11-16)18-13(4)8-12(3)6-2/h9-13,18H,5-8,17H2,1-4H3. The summed E-state index contributed by atoms with van der Waals surface area (Å²) in [5, 5.41) is 3.50. The number of nitrogen functional groups attached to an aromatic ring is 1. The van der Waals surface area contributed by atoms with E-state index < -0.39 is 0 Å². The first-order chi connectivity index (χ1) is 9.05. The molecule has 1 rings (SSSR count). The second kappa shape index (κ2) is 7.93. The number of hydrogen-bond acceptors (Lipinski definition) is 3.